The van der Waals surface area contributed by atoms with Crippen LogP contribution in [0.5, 0.6) is 0 Å². The first-order valence-electron chi connectivity index (χ1n) is 3.47. The highest BCUT2D eigenvalue weighted by atomic mass is 14.9. The predicted molar refractivity (Wildman–Crippen MR) is 45.2 cm³/mol. The van der Waals surface area contributed by atoms with Crippen LogP contribution in [0.4, 0.5) is 5.69 Å². The Morgan fingerprint density at radius 3 is 3.09 bits per heavy atom. The highest BCUT2D eigenvalue weighted by Gasteiger charge is 2.01. The topological polar surface area (TPSA) is 54.7 Å². The molecule has 1 heterocycles. The number of fused-ring (bicyclic) bond motifs is 1. The maximum Gasteiger partial charge on any atom is 0.111 e. The summed E-state index contributed by atoms with van der Waals surface area (Å²) in [5, 5.41) is 0. The lowest BCUT2D eigenvalue weighted by Gasteiger charge is -1.98. The van der Waals surface area contributed by atoms with Crippen molar-refractivity contribution in [2.45, 2.75) is 6.92 Å². The van der Waals surface area contributed by atoms with Crippen LogP contribution in [-0.2, 0) is 0 Å². The van der Waals surface area contributed by atoms with Gasteiger partial charge in [0.25, 0.3) is 0 Å². The molecule has 0 bridgehead atoms. The third-order valence-corrected chi connectivity index (χ3v) is 1.85. The van der Waals surface area contributed by atoms with Gasteiger partial charge in [-0.2, -0.15) is 0 Å². The Hall–Kier alpha value is -1.51. The van der Waals surface area contributed by atoms with Gasteiger partial charge in [-0.1, -0.05) is 6.07 Å². The van der Waals surface area contributed by atoms with E-state index in [2.05, 4.69) is 9.97 Å². The summed E-state index contributed by atoms with van der Waals surface area (Å²) in [7, 11) is 0. The number of anilines is 1. The van der Waals surface area contributed by atoms with Gasteiger partial charge in [0.2, 0.25) is 0 Å². The van der Waals surface area contributed by atoms with E-state index in [1.807, 2.05) is 19.1 Å². The molecular weight excluding hydrogens is 138 g/mol. The number of nitrogen functional groups attached to an aromatic ring is 1. The van der Waals surface area contributed by atoms with Gasteiger partial charge in [0.1, 0.15) is 5.52 Å². The molecule has 0 saturated carbocycles. The minimum atomic E-state index is 0.767. The largest absolute Gasteiger partial charge is 0.397 e. The molecule has 0 aliphatic carbocycles. The molecule has 1 aromatic heterocycles. The average Bonchev–Trinajstić information content (AvgIpc) is 2.45. The summed E-state index contributed by atoms with van der Waals surface area (Å²) in [5.41, 5.74) is 9.48. The van der Waals surface area contributed by atoms with E-state index >= 15 is 0 Å². The number of nitrogens with two attached hydrogens (primary N) is 1. The van der Waals surface area contributed by atoms with Crippen molar-refractivity contribution in [2.24, 2.45) is 0 Å². The Balaban J connectivity index is 2.93. The highest BCUT2D eigenvalue weighted by molar-refractivity contribution is 5.88. The van der Waals surface area contributed by atoms with Gasteiger partial charge in [-0.25, -0.2) is 4.98 Å². The normalized spacial score (nSPS) is 10.6. The van der Waals surface area contributed by atoms with Crippen LogP contribution < -0.4 is 5.73 Å². The zero-order valence-corrected chi connectivity index (χ0v) is 6.26. The van der Waals surface area contributed by atoms with Crippen molar-refractivity contribution >= 4 is 16.7 Å². The molecule has 0 spiro atoms. The average molecular weight is 147 g/mol. The van der Waals surface area contributed by atoms with Gasteiger partial charge in [-0.15, -0.1) is 0 Å². The zero-order valence-electron chi connectivity index (χ0n) is 6.26. The van der Waals surface area contributed by atoms with Crippen molar-refractivity contribution in [1.29, 1.82) is 0 Å². The molecule has 0 aliphatic heterocycles. The van der Waals surface area contributed by atoms with Crippen LogP contribution in [0.1, 0.15) is 5.56 Å². The second kappa shape index (κ2) is 1.99. The fourth-order valence-corrected chi connectivity index (χ4v) is 1.13. The number of hydrogen-bond donors (Lipinski definition) is 2. The first kappa shape index (κ1) is 6.22. The molecule has 2 aromatic rings. The Kier molecular flexibility index (Phi) is 1.12. The Bertz CT molecular complexity index is 389. The molecular formula is C8H9N3. The van der Waals surface area contributed by atoms with Gasteiger partial charge < -0.3 is 10.7 Å². The minimum Gasteiger partial charge on any atom is -0.397 e. The molecule has 0 unspecified atom stereocenters. The molecule has 0 fully saturated rings. The first-order chi connectivity index (χ1) is 5.29. The number of H-pyrrole nitrogens is 1. The summed E-state index contributed by atoms with van der Waals surface area (Å²) in [5.74, 6) is 0. The number of aryl methyl sites for hydroxylation is 1. The number of nitrogens with zero attached hydrogens (tertiary/aromatic N) is 1. The summed E-state index contributed by atoms with van der Waals surface area (Å²) in [6.07, 6.45) is 1.65. The number of aromatic amines is 1. The van der Waals surface area contributed by atoms with Crippen molar-refractivity contribution < 1.29 is 0 Å². The molecule has 1 aromatic carbocycles. The molecule has 11 heavy (non-hydrogen) atoms. The molecule has 0 amide bonds. The number of hydrogen-bond acceptors (Lipinski definition) is 2. The molecule has 56 valence electrons. The predicted octanol–water partition coefficient (Wildman–Crippen LogP) is 1.45. The van der Waals surface area contributed by atoms with Gasteiger partial charge in [0.05, 0.1) is 17.5 Å². The van der Waals surface area contributed by atoms with Crippen LogP contribution in [0, 0.1) is 6.92 Å². The SMILES string of the molecule is Cc1ccc2[nH]cnc2c1N. The third-order valence-electron chi connectivity index (χ3n) is 1.85. The fourth-order valence-electron chi connectivity index (χ4n) is 1.13. The minimum absolute atomic E-state index is 0.767. The third kappa shape index (κ3) is 0.774. The fraction of sp³-hybridized carbons (Fsp3) is 0.125. The van der Waals surface area contributed by atoms with Crippen LogP contribution >= 0.6 is 0 Å². The van der Waals surface area contributed by atoms with E-state index in [0.717, 1.165) is 22.3 Å². The standard InChI is InChI=1S/C8H9N3/c1-5-2-3-6-8(7(5)9)11-4-10-6/h2-4H,9H2,1H3,(H,10,11). The Morgan fingerprint density at radius 2 is 2.27 bits per heavy atom. The van der Waals surface area contributed by atoms with Crippen LogP contribution in [-0.4, -0.2) is 9.97 Å². The smallest absolute Gasteiger partial charge is 0.111 e. The summed E-state index contributed by atoms with van der Waals surface area (Å²) < 4.78 is 0. The summed E-state index contributed by atoms with van der Waals surface area (Å²) in [6.45, 7) is 1.98. The second-order valence-corrected chi connectivity index (χ2v) is 2.59. The Labute approximate surface area is 64.2 Å². The van der Waals surface area contributed by atoms with Crippen molar-refractivity contribution in [3.63, 3.8) is 0 Å². The maximum atomic E-state index is 5.78. The van der Waals surface area contributed by atoms with E-state index in [-0.39, 0.29) is 0 Å². The lowest BCUT2D eigenvalue weighted by atomic mass is 10.2. The quantitative estimate of drug-likeness (QED) is 0.554. The van der Waals surface area contributed by atoms with E-state index in [4.69, 9.17) is 5.73 Å². The molecule has 0 atom stereocenters. The number of imidazole rings is 1. The molecule has 0 radical (unpaired) electrons. The van der Waals surface area contributed by atoms with Crippen molar-refractivity contribution in [2.75, 3.05) is 5.73 Å². The maximum absolute atomic E-state index is 5.78. The van der Waals surface area contributed by atoms with E-state index in [9.17, 15) is 0 Å². The van der Waals surface area contributed by atoms with Gasteiger partial charge in [0.15, 0.2) is 0 Å². The van der Waals surface area contributed by atoms with E-state index in [1.54, 1.807) is 6.33 Å². The van der Waals surface area contributed by atoms with Gasteiger partial charge in [0, 0.05) is 0 Å². The first-order valence-corrected chi connectivity index (χ1v) is 3.47. The highest BCUT2D eigenvalue weighted by Crippen LogP contribution is 2.20. The molecule has 2 rings (SSSR count). The van der Waals surface area contributed by atoms with Crippen LogP contribution in [0.3, 0.4) is 0 Å². The molecule has 3 N–H and O–H groups in total. The van der Waals surface area contributed by atoms with Crippen molar-refractivity contribution in [1.82, 2.24) is 9.97 Å². The summed E-state index contributed by atoms with van der Waals surface area (Å²) in [6, 6.07) is 3.96. The van der Waals surface area contributed by atoms with E-state index < -0.39 is 0 Å². The monoisotopic (exact) mass is 147 g/mol. The number of nitrogens with one attached hydrogen (secondary N) is 1. The van der Waals surface area contributed by atoms with Gasteiger partial charge in [-0.05, 0) is 18.6 Å². The molecule has 3 heteroatoms. The summed E-state index contributed by atoms with van der Waals surface area (Å²) >= 11 is 0. The second-order valence-electron chi connectivity index (χ2n) is 2.59. The number of rotatable bonds is 0. The van der Waals surface area contributed by atoms with Gasteiger partial charge >= 0.3 is 0 Å². The van der Waals surface area contributed by atoms with Crippen LogP contribution in [0.25, 0.3) is 11.0 Å². The zero-order chi connectivity index (χ0) is 7.84. The number of benzene rings is 1. The molecule has 3 nitrogen and oxygen atoms in total. The van der Waals surface area contributed by atoms with Gasteiger partial charge in [-0.3, -0.25) is 0 Å². The lowest BCUT2D eigenvalue weighted by Crippen LogP contribution is -1.90. The van der Waals surface area contributed by atoms with Crippen molar-refractivity contribution in [3.8, 4) is 0 Å². The van der Waals surface area contributed by atoms with Crippen LogP contribution in [0.2, 0.25) is 0 Å². The lowest BCUT2D eigenvalue weighted by molar-refractivity contribution is 1.34. The van der Waals surface area contributed by atoms with E-state index in [0.29, 0.717) is 0 Å². The molecule has 0 aliphatic rings. The van der Waals surface area contributed by atoms with Crippen LogP contribution in [0.15, 0.2) is 18.5 Å². The van der Waals surface area contributed by atoms with Crippen molar-refractivity contribution in [3.05, 3.63) is 24.0 Å². The van der Waals surface area contributed by atoms with E-state index in [1.165, 1.54) is 0 Å². The molecule has 0 saturated heterocycles. The Morgan fingerprint density at radius 1 is 1.45 bits per heavy atom. The summed E-state index contributed by atoms with van der Waals surface area (Å²) in [4.78, 5) is 7.10. The number of aromatic nitrogens is 2.